The minimum Gasteiger partial charge on any atom is -0.397 e. The van der Waals surface area contributed by atoms with Crippen molar-refractivity contribution in [3.05, 3.63) is 30.6 Å². The number of aromatic nitrogens is 1. The van der Waals surface area contributed by atoms with E-state index in [1.54, 1.807) is 6.20 Å². The van der Waals surface area contributed by atoms with Gasteiger partial charge in [-0.3, -0.25) is 4.98 Å². The summed E-state index contributed by atoms with van der Waals surface area (Å²) < 4.78 is 0. The number of nitrogens with zero attached hydrogens (tertiary/aromatic N) is 2. The van der Waals surface area contributed by atoms with E-state index in [0.717, 1.165) is 28.7 Å². The van der Waals surface area contributed by atoms with E-state index in [0.29, 0.717) is 5.92 Å². The van der Waals surface area contributed by atoms with E-state index in [1.807, 2.05) is 12.3 Å². The molecule has 112 valence electrons. The highest BCUT2D eigenvalue weighted by Gasteiger charge is 2.14. The van der Waals surface area contributed by atoms with E-state index in [2.05, 4.69) is 34.3 Å². The molecule has 0 aliphatic carbocycles. The van der Waals surface area contributed by atoms with Crippen molar-refractivity contribution in [2.75, 3.05) is 37.2 Å². The second-order valence-electron chi connectivity index (χ2n) is 6.12. The van der Waals surface area contributed by atoms with Crippen molar-refractivity contribution in [3.8, 4) is 0 Å². The molecule has 1 aliphatic rings. The van der Waals surface area contributed by atoms with Crippen LogP contribution >= 0.6 is 0 Å². The first-order chi connectivity index (χ1) is 10.2. The van der Waals surface area contributed by atoms with E-state index in [1.165, 1.54) is 32.5 Å². The average molecular weight is 284 g/mol. The van der Waals surface area contributed by atoms with Gasteiger partial charge in [0.1, 0.15) is 0 Å². The normalized spacial score (nSPS) is 17.2. The van der Waals surface area contributed by atoms with Gasteiger partial charge in [0.15, 0.2) is 0 Å². The van der Waals surface area contributed by atoms with Gasteiger partial charge in [0.2, 0.25) is 0 Å². The van der Waals surface area contributed by atoms with Crippen LogP contribution in [-0.2, 0) is 0 Å². The fourth-order valence-electron chi connectivity index (χ4n) is 3.10. The summed E-state index contributed by atoms with van der Waals surface area (Å²) in [4.78, 5) is 6.69. The quantitative estimate of drug-likeness (QED) is 0.829. The number of nitrogens with two attached hydrogens (primary N) is 1. The Morgan fingerprint density at radius 2 is 2.10 bits per heavy atom. The highest BCUT2D eigenvalue weighted by atomic mass is 15.1. The molecule has 0 amide bonds. The summed E-state index contributed by atoms with van der Waals surface area (Å²) in [5, 5.41) is 5.67. The second-order valence-corrected chi connectivity index (χ2v) is 6.12. The monoisotopic (exact) mass is 284 g/mol. The van der Waals surface area contributed by atoms with Crippen LogP contribution in [0, 0.1) is 5.92 Å². The first-order valence-electron chi connectivity index (χ1n) is 7.82. The molecule has 21 heavy (non-hydrogen) atoms. The number of hydrogen-bond acceptors (Lipinski definition) is 4. The van der Waals surface area contributed by atoms with Crippen LogP contribution in [0.4, 0.5) is 11.4 Å². The van der Waals surface area contributed by atoms with Gasteiger partial charge in [-0.25, -0.2) is 0 Å². The molecule has 1 saturated heterocycles. The van der Waals surface area contributed by atoms with Crippen molar-refractivity contribution in [2.45, 2.75) is 19.8 Å². The van der Waals surface area contributed by atoms with Crippen LogP contribution < -0.4 is 11.1 Å². The Kier molecular flexibility index (Phi) is 4.25. The van der Waals surface area contributed by atoms with Gasteiger partial charge in [-0.05, 0) is 44.0 Å². The zero-order valence-corrected chi connectivity index (χ0v) is 12.7. The molecule has 2 aromatic rings. The number of nitrogen functional groups attached to an aromatic ring is 1. The van der Waals surface area contributed by atoms with Crippen LogP contribution in [0.25, 0.3) is 10.8 Å². The number of nitrogens with one attached hydrogen (secondary N) is 1. The maximum atomic E-state index is 6.27. The van der Waals surface area contributed by atoms with E-state index in [-0.39, 0.29) is 0 Å². The highest BCUT2D eigenvalue weighted by molar-refractivity contribution is 5.98. The van der Waals surface area contributed by atoms with Crippen molar-refractivity contribution in [1.29, 1.82) is 0 Å². The number of likely N-dealkylation sites (tertiary alicyclic amines) is 1. The third kappa shape index (κ3) is 3.27. The fraction of sp³-hybridized carbons (Fsp3) is 0.471. The molecule has 4 nitrogen and oxygen atoms in total. The molecule has 1 atom stereocenters. The van der Waals surface area contributed by atoms with Crippen molar-refractivity contribution < 1.29 is 0 Å². The van der Waals surface area contributed by atoms with Gasteiger partial charge in [-0.1, -0.05) is 13.0 Å². The minimum absolute atomic E-state index is 0.621. The van der Waals surface area contributed by atoms with Crippen LogP contribution in [0.5, 0.6) is 0 Å². The number of anilines is 2. The van der Waals surface area contributed by atoms with Crippen molar-refractivity contribution in [2.24, 2.45) is 5.92 Å². The van der Waals surface area contributed by atoms with E-state index < -0.39 is 0 Å². The van der Waals surface area contributed by atoms with Gasteiger partial charge < -0.3 is 16.0 Å². The molecule has 0 saturated carbocycles. The Morgan fingerprint density at radius 1 is 1.29 bits per heavy atom. The van der Waals surface area contributed by atoms with Gasteiger partial charge in [-0.15, -0.1) is 0 Å². The van der Waals surface area contributed by atoms with Crippen LogP contribution in [0.1, 0.15) is 19.8 Å². The van der Waals surface area contributed by atoms with Crippen molar-refractivity contribution >= 4 is 22.1 Å². The summed E-state index contributed by atoms with van der Waals surface area (Å²) in [6.45, 7) is 6.94. The van der Waals surface area contributed by atoms with Crippen molar-refractivity contribution in [1.82, 2.24) is 9.88 Å². The summed E-state index contributed by atoms with van der Waals surface area (Å²) in [6, 6.07) is 6.11. The minimum atomic E-state index is 0.621. The summed E-state index contributed by atoms with van der Waals surface area (Å²) in [5.74, 6) is 0.621. The lowest BCUT2D eigenvalue weighted by molar-refractivity contribution is 0.294. The maximum Gasteiger partial charge on any atom is 0.0630 e. The molecule has 1 aromatic heterocycles. The van der Waals surface area contributed by atoms with Crippen LogP contribution in [0.2, 0.25) is 0 Å². The standard InChI is InChI=1S/C17H24N4/c1-13(12-21-8-2-3-9-21)10-20-16-5-4-14-11-19-7-6-15(14)17(16)18/h4-7,11,13,20H,2-3,8-10,12,18H2,1H3. The zero-order valence-electron chi connectivity index (χ0n) is 12.7. The second kappa shape index (κ2) is 6.31. The Hall–Kier alpha value is -1.81. The molecule has 1 aliphatic heterocycles. The van der Waals surface area contributed by atoms with Gasteiger partial charge in [0.25, 0.3) is 0 Å². The van der Waals surface area contributed by atoms with E-state index in [9.17, 15) is 0 Å². The smallest absolute Gasteiger partial charge is 0.0630 e. The number of benzene rings is 1. The lowest BCUT2D eigenvalue weighted by atomic mass is 10.1. The molecule has 0 spiro atoms. The molecule has 0 radical (unpaired) electrons. The zero-order chi connectivity index (χ0) is 14.7. The fourth-order valence-corrected chi connectivity index (χ4v) is 3.10. The molecule has 3 N–H and O–H groups in total. The largest absolute Gasteiger partial charge is 0.397 e. The lowest BCUT2D eigenvalue weighted by Crippen LogP contribution is -2.29. The predicted molar refractivity (Wildman–Crippen MR) is 89.5 cm³/mol. The Balaban J connectivity index is 1.63. The SMILES string of the molecule is CC(CNc1ccc2cnccc2c1N)CN1CCCC1. The molecule has 2 heterocycles. The molecule has 4 heteroatoms. The molecule has 1 aromatic carbocycles. The third-order valence-electron chi connectivity index (χ3n) is 4.27. The van der Waals surface area contributed by atoms with E-state index in [4.69, 9.17) is 5.73 Å². The first kappa shape index (κ1) is 14.1. The summed E-state index contributed by atoms with van der Waals surface area (Å²) in [6.07, 6.45) is 6.35. The number of fused-ring (bicyclic) bond motifs is 1. The van der Waals surface area contributed by atoms with Gasteiger partial charge >= 0.3 is 0 Å². The molecule has 1 unspecified atom stereocenters. The van der Waals surface area contributed by atoms with Crippen LogP contribution in [0.3, 0.4) is 0 Å². The lowest BCUT2D eigenvalue weighted by Gasteiger charge is -2.21. The van der Waals surface area contributed by atoms with Gasteiger partial charge in [0, 0.05) is 36.3 Å². The Morgan fingerprint density at radius 3 is 2.90 bits per heavy atom. The molecule has 0 bridgehead atoms. The summed E-state index contributed by atoms with van der Waals surface area (Å²) in [7, 11) is 0. The molecular formula is C17H24N4. The van der Waals surface area contributed by atoms with Gasteiger partial charge in [0.05, 0.1) is 11.4 Å². The van der Waals surface area contributed by atoms with Crippen molar-refractivity contribution in [3.63, 3.8) is 0 Å². The average Bonchev–Trinajstić information content (AvgIpc) is 3.00. The summed E-state index contributed by atoms with van der Waals surface area (Å²) >= 11 is 0. The number of rotatable bonds is 5. The molecule has 1 fully saturated rings. The number of hydrogen-bond donors (Lipinski definition) is 2. The summed E-state index contributed by atoms with van der Waals surface area (Å²) in [5.41, 5.74) is 8.12. The molecular weight excluding hydrogens is 260 g/mol. The topological polar surface area (TPSA) is 54.2 Å². The number of pyridine rings is 1. The molecule has 3 rings (SSSR count). The van der Waals surface area contributed by atoms with E-state index >= 15 is 0 Å². The Labute approximate surface area is 126 Å². The maximum absolute atomic E-state index is 6.27. The Bertz CT molecular complexity index is 605. The first-order valence-corrected chi connectivity index (χ1v) is 7.82. The highest BCUT2D eigenvalue weighted by Crippen LogP contribution is 2.28. The van der Waals surface area contributed by atoms with Gasteiger partial charge in [-0.2, -0.15) is 0 Å². The van der Waals surface area contributed by atoms with Crippen LogP contribution in [-0.4, -0.2) is 36.1 Å². The van der Waals surface area contributed by atoms with Crippen LogP contribution in [0.15, 0.2) is 30.6 Å². The predicted octanol–water partition coefficient (Wildman–Crippen LogP) is 2.96. The third-order valence-corrected chi connectivity index (χ3v) is 4.27.